The maximum Gasteiger partial charge on any atom is 0.422 e. The fraction of sp³-hybridized carbons (Fsp3) is 0.393. The summed E-state index contributed by atoms with van der Waals surface area (Å²) >= 11 is 0. The van der Waals surface area contributed by atoms with E-state index in [-0.39, 0.29) is 28.6 Å². The molecule has 0 aliphatic carbocycles. The van der Waals surface area contributed by atoms with Crippen molar-refractivity contribution in [1.82, 2.24) is 9.88 Å². The third kappa shape index (κ3) is 5.96. The highest BCUT2D eigenvalue weighted by molar-refractivity contribution is 5.98. The van der Waals surface area contributed by atoms with E-state index in [2.05, 4.69) is 9.98 Å². The Morgan fingerprint density at radius 1 is 1.11 bits per heavy atom. The van der Waals surface area contributed by atoms with Crippen LogP contribution in [0.5, 0.6) is 5.75 Å². The number of aliphatic hydroxyl groups is 1. The van der Waals surface area contributed by atoms with Crippen molar-refractivity contribution in [3.63, 3.8) is 0 Å². The predicted molar refractivity (Wildman–Crippen MR) is 139 cm³/mol. The quantitative estimate of drug-likeness (QED) is 0.262. The molecule has 0 bridgehead atoms. The molecule has 10 heteroatoms. The lowest BCUT2D eigenvalue weighted by atomic mass is 9.74. The van der Waals surface area contributed by atoms with Gasteiger partial charge in [-0.05, 0) is 68.1 Å². The first kappa shape index (κ1) is 29.0. The number of rotatable bonds is 9. The highest BCUT2D eigenvalue weighted by Crippen LogP contribution is 2.43. The lowest BCUT2D eigenvalue weighted by Gasteiger charge is -2.36. The number of amides is 1. The molecule has 204 valence electrons. The van der Waals surface area contributed by atoms with Gasteiger partial charge in [-0.25, -0.2) is 9.37 Å². The highest BCUT2D eigenvalue weighted by atomic mass is 19.4. The van der Waals surface area contributed by atoms with Gasteiger partial charge in [0.2, 0.25) is 0 Å². The molecule has 1 atom stereocenters. The summed E-state index contributed by atoms with van der Waals surface area (Å²) in [4.78, 5) is 22.7. The van der Waals surface area contributed by atoms with Gasteiger partial charge in [-0.3, -0.25) is 9.79 Å². The summed E-state index contributed by atoms with van der Waals surface area (Å²) in [7, 11) is 1.33. The van der Waals surface area contributed by atoms with Crippen molar-refractivity contribution in [1.29, 1.82) is 0 Å². The second kappa shape index (κ2) is 11.1. The smallest absolute Gasteiger partial charge is 0.422 e. The number of methoxy groups -OCH3 is 1. The number of aliphatic imine (C=N–C) groups is 1. The number of nitrogens with zero attached hydrogens (tertiary/aromatic N) is 3. The van der Waals surface area contributed by atoms with E-state index in [1.54, 1.807) is 23.1 Å². The van der Waals surface area contributed by atoms with Crippen molar-refractivity contribution in [3.05, 3.63) is 65.6 Å². The number of halogens is 4. The van der Waals surface area contributed by atoms with Crippen LogP contribution in [0, 0.1) is 5.82 Å². The number of aromatic nitrogens is 1. The average Bonchev–Trinajstić information content (AvgIpc) is 2.86. The van der Waals surface area contributed by atoms with Crippen LogP contribution in [0.15, 0.2) is 53.5 Å². The summed E-state index contributed by atoms with van der Waals surface area (Å²) in [5, 5.41) is 11.3. The molecule has 0 aliphatic heterocycles. The zero-order valence-electron chi connectivity index (χ0n) is 21.9. The van der Waals surface area contributed by atoms with Crippen LogP contribution in [0.4, 0.5) is 23.2 Å². The molecule has 0 fully saturated rings. The number of hydrogen-bond donors (Lipinski definition) is 1. The molecule has 1 N–H and O–H groups in total. The molecule has 38 heavy (non-hydrogen) atoms. The SMILES string of the molecule is CCN(CC)C(=O)c1ccc2c(N=CC(O)(CC(C)(C)c3cc(F)ccc3OC)C(F)(F)F)cccc2n1. The summed E-state index contributed by atoms with van der Waals surface area (Å²) in [6, 6.07) is 11.3. The molecule has 0 saturated heterocycles. The van der Waals surface area contributed by atoms with E-state index < -0.39 is 29.4 Å². The van der Waals surface area contributed by atoms with Crippen molar-refractivity contribution in [3.8, 4) is 5.75 Å². The molecule has 3 aromatic rings. The van der Waals surface area contributed by atoms with Crippen molar-refractivity contribution in [2.24, 2.45) is 4.99 Å². The van der Waals surface area contributed by atoms with E-state index in [0.717, 1.165) is 12.1 Å². The highest BCUT2D eigenvalue weighted by Gasteiger charge is 2.55. The van der Waals surface area contributed by atoms with Gasteiger partial charge in [-0.2, -0.15) is 13.2 Å². The fourth-order valence-corrected chi connectivity index (χ4v) is 4.42. The predicted octanol–water partition coefficient (Wildman–Crippen LogP) is 6.23. The summed E-state index contributed by atoms with van der Waals surface area (Å²) < 4.78 is 61.8. The molecule has 1 amide bonds. The van der Waals surface area contributed by atoms with Gasteiger partial charge in [0.15, 0.2) is 5.60 Å². The summed E-state index contributed by atoms with van der Waals surface area (Å²) in [6.45, 7) is 7.64. The molecule has 6 nitrogen and oxygen atoms in total. The fourth-order valence-electron chi connectivity index (χ4n) is 4.42. The molecule has 0 saturated carbocycles. The molecule has 3 rings (SSSR count). The van der Waals surface area contributed by atoms with Gasteiger partial charge >= 0.3 is 6.18 Å². The van der Waals surface area contributed by atoms with E-state index >= 15 is 0 Å². The van der Waals surface area contributed by atoms with Gasteiger partial charge in [0.05, 0.1) is 18.3 Å². The van der Waals surface area contributed by atoms with E-state index in [1.807, 2.05) is 13.8 Å². The maximum absolute atomic E-state index is 14.2. The number of benzene rings is 2. The van der Waals surface area contributed by atoms with E-state index in [9.17, 15) is 27.5 Å². The Morgan fingerprint density at radius 2 is 1.79 bits per heavy atom. The van der Waals surface area contributed by atoms with Gasteiger partial charge in [0.1, 0.15) is 17.3 Å². The minimum atomic E-state index is -5.08. The summed E-state index contributed by atoms with van der Waals surface area (Å²) in [5.41, 5.74) is -3.80. The van der Waals surface area contributed by atoms with Crippen LogP contribution in [0.25, 0.3) is 10.9 Å². The Morgan fingerprint density at radius 3 is 2.39 bits per heavy atom. The standard InChI is InChI=1S/C28H31F4N3O3/c1-6-35(7-2)25(36)23-13-12-19-21(9-8-10-22(19)34-23)33-17-27(37,28(30,31)32)16-26(3,4)20-15-18(29)11-14-24(20)38-5/h8-15,17,37H,6-7,16H2,1-5H3. The zero-order valence-corrected chi connectivity index (χ0v) is 21.9. The molecule has 1 unspecified atom stereocenters. The minimum absolute atomic E-state index is 0.139. The number of alkyl halides is 3. The molecule has 1 aromatic heterocycles. The number of ether oxygens (including phenoxy) is 1. The first-order valence-electron chi connectivity index (χ1n) is 12.1. The lowest BCUT2D eigenvalue weighted by Crippen LogP contribution is -2.50. The van der Waals surface area contributed by atoms with Crippen molar-refractivity contribution < 1.29 is 32.2 Å². The van der Waals surface area contributed by atoms with Crippen molar-refractivity contribution in [2.45, 2.75) is 51.3 Å². The molecule has 0 radical (unpaired) electrons. The van der Waals surface area contributed by atoms with Crippen molar-refractivity contribution >= 4 is 28.7 Å². The largest absolute Gasteiger partial charge is 0.496 e. The average molecular weight is 534 g/mol. The Bertz CT molecular complexity index is 1340. The van der Waals surface area contributed by atoms with Gasteiger partial charge < -0.3 is 14.7 Å². The van der Waals surface area contributed by atoms with E-state index in [1.165, 1.54) is 39.2 Å². The first-order chi connectivity index (χ1) is 17.8. The zero-order chi connectivity index (χ0) is 28.3. The number of carbonyl (C=O) groups excluding carboxylic acids is 1. The number of fused-ring (bicyclic) bond motifs is 1. The monoisotopic (exact) mass is 533 g/mol. The van der Waals surface area contributed by atoms with Gasteiger partial charge in [0.25, 0.3) is 5.91 Å². The van der Waals surface area contributed by atoms with Crippen LogP contribution >= 0.6 is 0 Å². The molecular weight excluding hydrogens is 502 g/mol. The molecule has 0 aliphatic rings. The topological polar surface area (TPSA) is 75.0 Å². The minimum Gasteiger partial charge on any atom is -0.496 e. The van der Waals surface area contributed by atoms with Crippen LogP contribution in [0.2, 0.25) is 0 Å². The van der Waals surface area contributed by atoms with Crippen LogP contribution in [0.1, 0.15) is 50.2 Å². The Kier molecular flexibility index (Phi) is 8.45. The molecule has 2 aromatic carbocycles. The van der Waals surface area contributed by atoms with Crippen LogP contribution < -0.4 is 4.74 Å². The number of carbonyl (C=O) groups is 1. The maximum atomic E-state index is 14.2. The molecular formula is C28H31F4N3O3. The van der Waals surface area contributed by atoms with E-state index in [0.29, 0.717) is 30.2 Å². The third-order valence-electron chi connectivity index (χ3n) is 6.49. The van der Waals surface area contributed by atoms with Crippen LogP contribution in [-0.4, -0.2) is 59.1 Å². The van der Waals surface area contributed by atoms with Gasteiger partial charge in [-0.1, -0.05) is 19.9 Å². The third-order valence-corrected chi connectivity index (χ3v) is 6.49. The summed E-state index contributed by atoms with van der Waals surface area (Å²) in [6.07, 6.45) is -5.47. The molecule has 0 spiro atoms. The Balaban J connectivity index is 2.01. The second-order valence-corrected chi connectivity index (χ2v) is 9.60. The van der Waals surface area contributed by atoms with E-state index in [4.69, 9.17) is 4.74 Å². The molecule has 1 heterocycles. The second-order valence-electron chi connectivity index (χ2n) is 9.60. The normalized spacial score (nSPS) is 14.1. The number of pyridine rings is 1. The van der Waals surface area contributed by atoms with Crippen LogP contribution in [0.3, 0.4) is 0 Å². The van der Waals surface area contributed by atoms with Crippen molar-refractivity contribution in [2.75, 3.05) is 20.2 Å². The van der Waals surface area contributed by atoms with Gasteiger partial charge in [-0.15, -0.1) is 0 Å². The summed E-state index contributed by atoms with van der Waals surface area (Å²) in [5.74, 6) is -0.694. The van der Waals surface area contributed by atoms with Crippen LogP contribution in [-0.2, 0) is 5.41 Å². The Labute approximate surface area is 219 Å². The lowest BCUT2D eigenvalue weighted by molar-refractivity contribution is -0.234. The van der Waals surface area contributed by atoms with Gasteiger partial charge in [0, 0.05) is 30.3 Å². The Hall–Kier alpha value is -3.53. The first-order valence-corrected chi connectivity index (χ1v) is 12.1. The number of hydrogen-bond acceptors (Lipinski definition) is 5.